The lowest BCUT2D eigenvalue weighted by molar-refractivity contribution is -0.139. The van der Waals surface area contributed by atoms with Crippen LogP contribution in [0.3, 0.4) is 0 Å². The number of nitrogens with one attached hydrogen (secondary N) is 1. The zero-order valence-electron chi connectivity index (χ0n) is 18.3. The number of aliphatic hydroxyl groups is 1. The Morgan fingerprint density at radius 3 is 2.53 bits per heavy atom. The molecule has 3 rings (SSSR count). The summed E-state index contributed by atoms with van der Waals surface area (Å²) in [7, 11) is -4.07. The molecule has 2 N–H and O–H groups in total. The predicted molar refractivity (Wildman–Crippen MR) is 122 cm³/mol. The van der Waals surface area contributed by atoms with Crippen molar-refractivity contribution in [3.63, 3.8) is 0 Å². The molecule has 1 atom stereocenters. The van der Waals surface area contributed by atoms with Crippen LogP contribution in [0.25, 0.3) is 10.8 Å². The first-order valence-electron chi connectivity index (χ1n) is 10.6. The molecule has 1 aliphatic heterocycles. The summed E-state index contributed by atoms with van der Waals surface area (Å²) in [4.78, 5) is 12.6. The van der Waals surface area contributed by atoms with Crippen LogP contribution in [-0.2, 0) is 21.4 Å². The third-order valence-electron chi connectivity index (χ3n) is 5.57. The first kappa shape index (κ1) is 23.4. The van der Waals surface area contributed by atoms with E-state index >= 15 is 0 Å². The van der Waals surface area contributed by atoms with Gasteiger partial charge in [-0.05, 0) is 61.1 Å². The van der Waals surface area contributed by atoms with Gasteiger partial charge in [-0.25, -0.2) is 9.03 Å². The monoisotopic (exact) mass is 457 g/mol. The fraction of sp³-hybridized carbons (Fsp3) is 0.391. The molecule has 32 heavy (non-hydrogen) atoms. The number of carbonyl (C=O) groups excluding carboxylic acids is 1. The highest BCUT2D eigenvalue weighted by molar-refractivity contribution is 7.91. The SMILES string of the molecule is CCC(CC)C(=O)Oc1cc2ccc(CCC(C)C#N)cc2cc1N1C=C(O)NS1(=O)=O. The van der Waals surface area contributed by atoms with Crippen LogP contribution in [0.2, 0.25) is 0 Å². The molecule has 0 radical (unpaired) electrons. The molecule has 0 amide bonds. The topological polar surface area (TPSA) is 120 Å². The fourth-order valence-corrected chi connectivity index (χ4v) is 4.63. The van der Waals surface area contributed by atoms with Crippen LogP contribution < -0.4 is 13.8 Å². The average molecular weight is 458 g/mol. The van der Waals surface area contributed by atoms with Crippen LogP contribution in [0.5, 0.6) is 5.75 Å². The summed E-state index contributed by atoms with van der Waals surface area (Å²) < 4.78 is 33.5. The van der Waals surface area contributed by atoms with Gasteiger partial charge in [0.15, 0.2) is 5.75 Å². The molecule has 0 saturated heterocycles. The second kappa shape index (κ2) is 9.49. The Morgan fingerprint density at radius 2 is 1.94 bits per heavy atom. The van der Waals surface area contributed by atoms with Crippen LogP contribution in [-0.4, -0.2) is 19.5 Å². The van der Waals surface area contributed by atoms with E-state index in [0.717, 1.165) is 26.8 Å². The summed E-state index contributed by atoms with van der Waals surface area (Å²) in [5.41, 5.74) is 1.13. The highest BCUT2D eigenvalue weighted by Crippen LogP contribution is 2.37. The van der Waals surface area contributed by atoms with Crippen molar-refractivity contribution in [1.29, 1.82) is 5.26 Å². The van der Waals surface area contributed by atoms with Gasteiger partial charge in [-0.3, -0.25) is 4.79 Å². The van der Waals surface area contributed by atoms with Gasteiger partial charge < -0.3 is 9.84 Å². The van der Waals surface area contributed by atoms with Crippen molar-refractivity contribution in [2.45, 2.75) is 46.5 Å². The van der Waals surface area contributed by atoms with Crippen molar-refractivity contribution in [2.24, 2.45) is 11.8 Å². The standard InChI is InChI=1S/C23H27N3O5S/c1-4-17(5-2)23(28)31-21-12-18-9-8-16(7-6-15(3)13-24)10-19(18)11-20(21)26-14-22(27)25-32(26,29)30/h8-12,14-15,17,25,27H,4-7H2,1-3H3. The quantitative estimate of drug-likeness (QED) is 0.451. The number of aliphatic hydroxyl groups excluding tert-OH is 1. The van der Waals surface area contributed by atoms with Gasteiger partial charge in [-0.1, -0.05) is 32.0 Å². The molecule has 0 bridgehead atoms. The van der Waals surface area contributed by atoms with E-state index in [-0.39, 0.29) is 23.3 Å². The van der Waals surface area contributed by atoms with E-state index < -0.39 is 22.1 Å². The second-order valence-electron chi connectivity index (χ2n) is 7.92. The smallest absolute Gasteiger partial charge is 0.330 e. The van der Waals surface area contributed by atoms with Crippen LogP contribution in [0.1, 0.15) is 45.6 Å². The number of carbonyl (C=O) groups is 1. The normalized spacial score (nSPS) is 15.8. The van der Waals surface area contributed by atoms with Gasteiger partial charge in [-0.2, -0.15) is 13.7 Å². The van der Waals surface area contributed by atoms with Crippen molar-refractivity contribution < 1.29 is 23.1 Å². The van der Waals surface area contributed by atoms with Crippen molar-refractivity contribution >= 4 is 32.6 Å². The van der Waals surface area contributed by atoms with Gasteiger partial charge in [-0.15, -0.1) is 0 Å². The molecule has 9 heteroatoms. The maximum atomic E-state index is 12.6. The number of anilines is 1. The van der Waals surface area contributed by atoms with Crippen molar-refractivity contribution in [3.8, 4) is 11.8 Å². The lowest BCUT2D eigenvalue weighted by Gasteiger charge is -2.20. The number of aryl methyl sites for hydroxylation is 1. The number of benzene rings is 2. The maximum absolute atomic E-state index is 12.6. The number of esters is 1. The number of hydrogen-bond acceptors (Lipinski definition) is 6. The number of ether oxygens (including phenoxy) is 1. The lowest BCUT2D eigenvalue weighted by Crippen LogP contribution is -2.30. The van der Waals surface area contributed by atoms with E-state index in [9.17, 15) is 18.3 Å². The molecule has 1 aliphatic rings. The highest BCUT2D eigenvalue weighted by atomic mass is 32.2. The predicted octanol–water partition coefficient (Wildman–Crippen LogP) is 4.28. The van der Waals surface area contributed by atoms with E-state index in [2.05, 4.69) is 6.07 Å². The molecule has 0 fully saturated rings. The van der Waals surface area contributed by atoms with Gasteiger partial charge in [0.2, 0.25) is 5.88 Å². The van der Waals surface area contributed by atoms with E-state index in [4.69, 9.17) is 10.00 Å². The zero-order chi connectivity index (χ0) is 23.5. The van der Waals surface area contributed by atoms with Crippen molar-refractivity contribution in [1.82, 2.24) is 4.72 Å². The first-order chi connectivity index (χ1) is 15.2. The molecule has 1 unspecified atom stereocenters. The Kier molecular flexibility index (Phi) is 6.94. The van der Waals surface area contributed by atoms with E-state index in [1.807, 2.05) is 43.7 Å². The van der Waals surface area contributed by atoms with E-state index in [1.54, 1.807) is 12.1 Å². The van der Waals surface area contributed by atoms with Gasteiger partial charge in [0.1, 0.15) is 5.69 Å². The fourth-order valence-electron chi connectivity index (χ4n) is 3.57. The van der Waals surface area contributed by atoms with Crippen LogP contribution >= 0.6 is 0 Å². The summed E-state index contributed by atoms with van der Waals surface area (Å²) >= 11 is 0. The van der Waals surface area contributed by atoms with Crippen molar-refractivity contribution in [2.75, 3.05) is 4.31 Å². The summed E-state index contributed by atoms with van der Waals surface area (Å²) in [6.07, 6.45) is 3.65. The Morgan fingerprint density at radius 1 is 1.22 bits per heavy atom. The van der Waals surface area contributed by atoms with Gasteiger partial charge in [0, 0.05) is 5.92 Å². The molecule has 8 nitrogen and oxygen atoms in total. The maximum Gasteiger partial charge on any atom is 0.330 e. The summed E-state index contributed by atoms with van der Waals surface area (Å²) in [6, 6.07) is 11.2. The third kappa shape index (κ3) is 4.97. The Hall–Kier alpha value is -3.25. The van der Waals surface area contributed by atoms with Gasteiger partial charge in [0.25, 0.3) is 0 Å². The summed E-state index contributed by atoms with van der Waals surface area (Å²) in [6.45, 7) is 5.64. The molecular weight excluding hydrogens is 430 g/mol. The molecule has 0 spiro atoms. The van der Waals surface area contributed by atoms with E-state index in [0.29, 0.717) is 25.7 Å². The van der Waals surface area contributed by atoms with Crippen LogP contribution in [0.15, 0.2) is 42.4 Å². The van der Waals surface area contributed by atoms with Gasteiger partial charge in [0.05, 0.1) is 18.2 Å². The Balaban J connectivity index is 2.08. The summed E-state index contributed by atoms with van der Waals surface area (Å²) in [5, 5.41) is 20.3. The molecule has 2 aromatic rings. The molecule has 2 aromatic carbocycles. The number of nitriles is 1. The molecule has 0 saturated carbocycles. The second-order valence-corrected chi connectivity index (χ2v) is 9.47. The largest absolute Gasteiger partial charge is 0.493 e. The van der Waals surface area contributed by atoms with Crippen LogP contribution in [0.4, 0.5) is 5.69 Å². The Labute approximate surface area is 188 Å². The van der Waals surface area contributed by atoms with E-state index in [1.165, 1.54) is 0 Å². The van der Waals surface area contributed by atoms with Gasteiger partial charge >= 0.3 is 16.2 Å². The lowest BCUT2D eigenvalue weighted by atomic mass is 9.99. The minimum absolute atomic E-state index is 0.0675. The highest BCUT2D eigenvalue weighted by Gasteiger charge is 2.32. The molecular formula is C23H27N3O5S. The molecule has 1 heterocycles. The molecule has 170 valence electrons. The minimum atomic E-state index is -4.07. The van der Waals surface area contributed by atoms with Crippen LogP contribution in [0, 0.1) is 23.2 Å². The average Bonchev–Trinajstić information content (AvgIpc) is 3.03. The third-order valence-corrected chi connectivity index (χ3v) is 6.85. The van der Waals surface area contributed by atoms with Crippen molar-refractivity contribution in [3.05, 3.63) is 48.0 Å². The molecule has 0 aromatic heterocycles. The Bertz CT molecular complexity index is 1200. The number of hydrogen-bond donors (Lipinski definition) is 2. The zero-order valence-corrected chi connectivity index (χ0v) is 19.1. The number of nitrogens with zero attached hydrogens (tertiary/aromatic N) is 2. The number of rotatable bonds is 8. The minimum Gasteiger partial charge on any atom is -0.493 e. The first-order valence-corrected chi connectivity index (χ1v) is 12.0. The molecule has 0 aliphatic carbocycles. The number of fused-ring (bicyclic) bond motifs is 1. The summed E-state index contributed by atoms with van der Waals surface area (Å²) in [5.74, 6) is -1.24.